The van der Waals surface area contributed by atoms with Crippen LogP contribution in [0.5, 0.6) is 5.75 Å². The van der Waals surface area contributed by atoms with Crippen molar-refractivity contribution in [2.24, 2.45) is 0 Å². The molecule has 3 heterocycles. The van der Waals surface area contributed by atoms with Gasteiger partial charge in [0.05, 0.1) is 5.03 Å². The van der Waals surface area contributed by atoms with Crippen LogP contribution < -0.4 is 10.9 Å². The fraction of sp³-hybridized carbons (Fsp3) is 0.667. The smallest absolute Gasteiger partial charge is 0.268 e. The summed E-state index contributed by atoms with van der Waals surface area (Å²) in [4.78, 5) is 28.0. The number of likely N-dealkylation sites (tertiary alicyclic amines) is 1. The van der Waals surface area contributed by atoms with Crippen LogP contribution >= 0.6 is 11.8 Å². The number of carbonyl (C=O) groups is 1. The van der Waals surface area contributed by atoms with E-state index < -0.39 is 5.91 Å². The van der Waals surface area contributed by atoms with Crippen LogP contribution in [0.25, 0.3) is 0 Å². The van der Waals surface area contributed by atoms with Gasteiger partial charge in [-0.1, -0.05) is 6.92 Å². The monoisotopic (exact) mass is 365 g/mol. The van der Waals surface area contributed by atoms with Crippen molar-refractivity contribution in [2.45, 2.75) is 57.1 Å². The minimum atomic E-state index is -0.438. The molecule has 2 N–H and O–H groups in total. The van der Waals surface area contributed by atoms with E-state index in [1.165, 1.54) is 0 Å². The second-order valence-corrected chi connectivity index (χ2v) is 8.14. The fourth-order valence-corrected chi connectivity index (χ4v) is 4.97. The average Bonchev–Trinajstić information content (AvgIpc) is 3.04. The Labute approximate surface area is 152 Å². The first-order chi connectivity index (χ1) is 11.9. The van der Waals surface area contributed by atoms with Gasteiger partial charge in [-0.3, -0.25) is 14.2 Å². The van der Waals surface area contributed by atoms with Crippen LogP contribution in [0.2, 0.25) is 0 Å². The minimum Gasteiger partial charge on any atom is -0.507 e. The molecule has 3 rings (SSSR count). The molecule has 1 aromatic heterocycles. The van der Waals surface area contributed by atoms with E-state index in [9.17, 15) is 14.7 Å². The van der Waals surface area contributed by atoms with Gasteiger partial charge in [-0.25, -0.2) is 0 Å². The largest absolute Gasteiger partial charge is 0.507 e. The molecule has 0 atom stereocenters. The van der Waals surface area contributed by atoms with E-state index in [1.807, 2.05) is 13.8 Å². The SMILES string of the molecule is CCN1CCC(NC(=O)c2c(O)c3c(n(C(C)C)c2=O)SCC3)CC1. The number of rotatable bonds is 4. The summed E-state index contributed by atoms with van der Waals surface area (Å²) in [5, 5.41) is 14.4. The molecule has 1 aromatic rings. The first kappa shape index (κ1) is 18.3. The molecule has 0 aromatic carbocycles. The molecule has 25 heavy (non-hydrogen) atoms. The highest BCUT2D eigenvalue weighted by Gasteiger charge is 2.31. The second-order valence-electron chi connectivity index (χ2n) is 7.06. The van der Waals surface area contributed by atoms with Gasteiger partial charge in [0.1, 0.15) is 11.3 Å². The lowest BCUT2D eigenvalue weighted by molar-refractivity contribution is 0.0907. The van der Waals surface area contributed by atoms with Gasteiger partial charge < -0.3 is 15.3 Å². The minimum absolute atomic E-state index is 0.0493. The summed E-state index contributed by atoms with van der Waals surface area (Å²) in [6.07, 6.45) is 2.44. The molecule has 0 bridgehead atoms. The van der Waals surface area contributed by atoms with E-state index in [0.717, 1.165) is 48.8 Å². The Hall–Kier alpha value is -1.47. The molecule has 0 saturated carbocycles. The quantitative estimate of drug-likeness (QED) is 0.854. The van der Waals surface area contributed by atoms with Gasteiger partial charge in [-0.2, -0.15) is 0 Å². The van der Waals surface area contributed by atoms with Gasteiger partial charge in [-0.05, 0) is 39.7 Å². The molecule has 0 spiro atoms. The van der Waals surface area contributed by atoms with Gasteiger partial charge in [0, 0.05) is 36.5 Å². The van der Waals surface area contributed by atoms with Gasteiger partial charge >= 0.3 is 0 Å². The summed E-state index contributed by atoms with van der Waals surface area (Å²) in [6, 6.07) is 0.0102. The van der Waals surface area contributed by atoms with Crippen molar-refractivity contribution in [3.63, 3.8) is 0 Å². The van der Waals surface area contributed by atoms with E-state index in [2.05, 4.69) is 17.1 Å². The van der Waals surface area contributed by atoms with E-state index in [1.54, 1.807) is 16.3 Å². The zero-order valence-electron chi connectivity index (χ0n) is 15.2. The molecule has 0 radical (unpaired) electrons. The summed E-state index contributed by atoms with van der Waals surface area (Å²) >= 11 is 1.58. The maximum Gasteiger partial charge on any atom is 0.268 e. The Morgan fingerprint density at radius 1 is 1.36 bits per heavy atom. The van der Waals surface area contributed by atoms with Crippen LogP contribution in [0.15, 0.2) is 9.82 Å². The highest BCUT2D eigenvalue weighted by atomic mass is 32.2. The predicted octanol–water partition coefficient (Wildman–Crippen LogP) is 2.00. The second kappa shape index (κ2) is 7.41. The van der Waals surface area contributed by atoms with Crippen molar-refractivity contribution < 1.29 is 9.90 Å². The molecule has 2 aliphatic rings. The van der Waals surface area contributed by atoms with E-state index >= 15 is 0 Å². The summed E-state index contributed by atoms with van der Waals surface area (Å²) < 4.78 is 1.65. The van der Waals surface area contributed by atoms with Gasteiger partial charge in [0.2, 0.25) is 0 Å². The number of nitrogens with zero attached hydrogens (tertiary/aromatic N) is 2. The van der Waals surface area contributed by atoms with Crippen molar-refractivity contribution in [2.75, 3.05) is 25.4 Å². The van der Waals surface area contributed by atoms with Crippen LogP contribution in [0, 0.1) is 0 Å². The zero-order valence-corrected chi connectivity index (χ0v) is 16.0. The Morgan fingerprint density at radius 3 is 2.64 bits per heavy atom. The summed E-state index contributed by atoms with van der Waals surface area (Å²) in [5.74, 6) is 0.271. The number of hydrogen-bond donors (Lipinski definition) is 2. The molecule has 2 aliphatic heterocycles. The first-order valence-electron chi connectivity index (χ1n) is 9.10. The van der Waals surface area contributed by atoms with Crippen molar-refractivity contribution in [1.82, 2.24) is 14.8 Å². The van der Waals surface area contributed by atoms with Crippen molar-refractivity contribution in [3.8, 4) is 5.75 Å². The molecule has 1 fully saturated rings. The van der Waals surface area contributed by atoms with Crippen molar-refractivity contribution in [1.29, 1.82) is 0 Å². The van der Waals surface area contributed by atoms with E-state index in [4.69, 9.17) is 0 Å². The normalized spacial score (nSPS) is 18.6. The van der Waals surface area contributed by atoms with Crippen LogP contribution in [-0.2, 0) is 6.42 Å². The molecule has 0 unspecified atom stereocenters. The Kier molecular flexibility index (Phi) is 5.43. The molecule has 1 saturated heterocycles. The lowest BCUT2D eigenvalue weighted by Gasteiger charge is -2.31. The third kappa shape index (κ3) is 3.44. The third-order valence-corrected chi connectivity index (χ3v) is 6.26. The molecular formula is C18H27N3O3S. The number of nitrogens with one attached hydrogen (secondary N) is 1. The lowest BCUT2D eigenvalue weighted by atomic mass is 10.0. The molecule has 7 heteroatoms. The van der Waals surface area contributed by atoms with Crippen molar-refractivity contribution in [3.05, 3.63) is 21.5 Å². The summed E-state index contributed by atoms with van der Waals surface area (Å²) in [5.41, 5.74) is 0.265. The predicted molar refractivity (Wildman–Crippen MR) is 99.8 cm³/mol. The van der Waals surface area contributed by atoms with Crippen LogP contribution in [0.1, 0.15) is 55.6 Å². The number of pyridine rings is 1. The number of piperidine rings is 1. The maximum atomic E-state index is 12.9. The number of amides is 1. The fourth-order valence-electron chi connectivity index (χ4n) is 3.67. The van der Waals surface area contributed by atoms with Crippen molar-refractivity contribution >= 4 is 17.7 Å². The third-order valence-electron chi connectivity index (χ3n) is 5.14. The number of carbonyl (C=O) groups excluding carboxylic acids is 1. The Balaban J connectivity index is 1.88. The van der Waals surface area contributed by atoms with Crippen LogP contribution in [0.3, 0.4) is 0 Å². The average molecular weight is 365 g/mol. The Morgan fingerprint density at radius 2 is 2.04 bits per heavy atom. The van der Waals surface area contributed by atoms with E-state index in [-0.39, 0.29) is 29.0 Å². The molecule has 1 amide bonds. The highest BCUT2D eigenvalue weighted by molar-refractivity contribution is 7.99. The maximum absolute atomic E-state index is 12.9. The topological polar surface area (TPSA) is 74.6 Å². The first-order valence-corrected chi connectivity index (χ1v) is 10.1. The summed E-state index contributed by atoms with van der Waals surface area (Å²) in [7, 11) is 0. The molecule has 0 aliphatic carbocycles. The molecule has 138 valence electrons. The number of thioether (sulfide) groups is 1. The van der Waals surface area contributed by atoms with E-state index in [0.29, 0.717) is 6.42 Å². The Bertz CT molecular complexity index is 721. The summed E-state index contributed by atoms with van der Waals surface area (Å²) in [6.45, 7) is 8.91. The molecule has 6 nitrogen and oxygen atoms in total. The number of fused-ring (bicyclic) bond motifs is 1. The van der Waals surface area contributed by atoms with Gasteiger partial charge in [-0.15, -0.1) is 11.8 Å². The van der Waals surface area contributed by atoms with Crippen LogP contribution in [-0.4, -0.2) is 51.9 Å². The number of aromatic hydroxyl groups is 1. The number of hydrogen-bond acceptors (Lipinski definition) is 5. The highest BCUT2D eigenvalue weighted by Crippen LogP contribution is 2.38. The van der Waals surface area contributed by atoms with Gasteiger partial charge in [0.15, 0.2) is 0 Å². The lowest BCUT2D eigenvalue weighted by Crippen LogP contribution is -2.46. The zero-order chi connectivity index (χ0) is 18.1. The standard InChI is InChI=1S/C18H27N3O3S/c1-4-20-8-5-12(6-9-20)19-16(23)14-15(22)13-7-10-25-18(13)21(11(2)3)17(14)24/h11-12,22H,4-10H2,1-3H3,(H,19,23). The van der Waals surface area contributed by atoms with Gasteiger partial charge in [0.25, 0.3) is 11.5 Å². The van der Waals surface area contributed by atoms with Crippen LogP contribution in [0.4, 0.5) is 0 Å². The molecular weight excluding hydrogens is 338 g/mol. The number of aromatic nitrogens is 1.